The van der Waals surface area contributed by atoms with Gasteiger partial charge in [-0.1, -0.05) is 35.9 Å². The second-order valence-corrected chi connectivity index (χ2v) is 8.69. The van der Waals surface area contributed by atoms with Gasteiger partial charge in [0.1, 0.15) is 12.0 Å². The van der Waals surface area contributed by atoms with E-state index in [1.54, 1.807) is 0 Å². The largest absolute Gasteiger partial charge is 0.368 e. The molecule has 0 amide bonds. The van der Waals surface area contributed by atoms with Gasteiger partial charge in [-0.3, -0.25) is 0 Å². The predicted molar refractivity (Wildman–Crippen MR) is 122 cm³/mol. The van der Waals surface area contributed by atoms with Crippen LogP contribution in [-0.4, -0.2) is 49.7 Å². The van der Waals surface area contributed by atoms with E-state index in [-0.39, 0.29) is 0 Å². The molecule has 0 N–H and O–H groups in total. The van der Waals surface area contributed by atoms with Crippen molar-refractivity contribution in [3.63, 3.8) is 0 Å². The summed E-state index contributed by atoms with van der Waals surface area (Å²) in [6.07, 6.45) is -0.416. The summed E-state index contributed by atoms with van der Waals surface area (Å²) in [5.74, 6) is 0.948. The third-order valence-electron chi connectivity index (χ3n) is 6.50. The second-order valence-electron chi connectivity index (χ2n) is 8.69. The zero-order valence-corrected chi connectivity index (χ0v) is 17.8. The predicted octanol–water partition coefficient (Wildman–Crippen LogP) is 4.72. The Morgan fingerprint density at radius 3 is 2.57 bits per heavy atom. The van der Waals surface area contributed by atoms with Crippen molar-refractivity contribution in [1.29, 1.82) is 0 Å². The number of alkyl halides is 1. The lowest BCUT2D eigenvalue weighted by atomic mass is 10.0. The van der Waals surface area contributed by atoms with E-state index < -0.39 is 6.17 Å². The molecule has 0 bridgehead atoms. The van der Waals surface area contributed by atoms with Crippen molar-refractivity contribution in [1.82, 2.24) is 9.88 Å². The maximum Gasteiger partial charge on any atom is 0.131 e. The fraction of sp³-hybridized carbons (Fsp3) is 0.400. The molecule has 1 unspecified atom stereocenters. The third-order valence-corrected chi connectivity index (χ3v) is 6.50. The number of pyridine rings is 1. The van der Waals surface area contributed by atoms with E-state index in [0.717, 1.165) is 48.6 Å². The minimum Gasteiger partial charge on any atom is -0.368 e. The summed E-state index contributed by atoms with van der Waals surface area (Å²) in [6.45, 7) is 7.65. The first-order valence-electron chi connectivity index (χ1n) is 10.9. The number of anilines is 2. The summed E-state index contributed by atoms with van der Waals surface area (Å²) < 4.78 is 14.8. The van der Waals surface area contributed by atoms with E-state index in [0.29, 0.717) is 19.5 Å². The van der Waals surface area contributed by atoms with Crippen molar-refractivity contribution in [2.75, 3.05) is 49.6 Å². The number of aromatic nitrogens is 1. The summed E-state index contributed by atoms with van der Waals surface area (Å²) in [5.41, 5.74) is 5.41. The van der Waals surface area contributed by atoms with Crippen LogP contribution in [0.3, 0.4) is 0 Å². The topological polar surface area (TPSA) is 22.6 Å². The zero-order valence-electron chi connectivity index (χ0n) is 17.8. The van der Waals surface area contributed by atoms with Crippen molar-refractivity contribution in [3.05, 3.63) is 65.2 Å². The first kappa shape index (κ1) is 19.3. The molecule has 2 aliphatic heterocycles. The van der Waals surface area contributed by atoms with Crippen molar-refractivity contribution < 1.29 is 4.39 Å². The number of rotatable bonds is 2. The molecule has 1 atom stereocenters. The molecule has 30 heavy (non-hydrogen) atoms. The van der Waals surface area contributed by atoms with Crippen LogP contribution in [0.25, 0.3) is 10.9 Å². The first-order chi connectivity index (χ1) is 14.6. The Hall–Kier alpha value is -2.66. The molecule has 1 fully saturated rings. The van der Waals surface area contributed by atoms with Crippen LogP contribution in [0.4, 0.5) is 15.9 Å². The van der Waals surface area contributed by atoms with Crippen molar-refractivity contribution >= 4 is 22.4 Å². The van der Waals surface area contributed by atoms with Crippen LogP contribution in [0, 0.1) is 6.92 Å². The molecular weight excluding hydrogens is 375 g/mol. The first-order valence-corrected chi connectivity index (χ1v) is 10.9. The van der Waals surface area contributed by atoms with Crippen LogP contribution in [0.2, 0.25) is 0 Å². The third kappa shape index (κ3) is 3.63. The number of aryl methyl sites for hydroxylation is 1. The van der Waals surface area contributed by atoms with Crippen LogP contribution < -0.4 is 9.80 Å². The quantitative estimate of drug-likeness (QED) is 0.617. The lowest BCUT2D eigenvalue weighted by Crippen LogP contribution is -2.44. The van der Waals surface area contributed by atoms with Gasteiger partial charge >= 0.3 is 0 Å². The monoisotopic (exact) mass is 404 g/mol. The Morgan fingerprint density at radius 2 is 1.73 bits per heavy atom. The smallest absolute Gasteiger partial charge is 0.131 e. The number of piperazine rings is 1. The Labute approximate surface area is 177 Å². The molecule has 0 spiro atoms. The molecule has 0 saturated carbocycles. The molecule has 1 saturated heterocycles. The molecule has 2 aromatic carbocycles. The van der Waals surface area contributed by atoms with Gasteiger partial charge in [0.25, 0.3) is 0 Å². The van der Waals surface area contributed by atoms with Gasteiger partial charge in [-0.25, -0.2) is 9.37 Å². The van der Waals surface area contributed by atoms with Gasteiger partial charge in [0.05, 0.1) is 5.52 Å². The number of hydrogen-bond donors (Lipinski definition) is 0. The van der Waals surface area contributed by atoms with Crippen molar-refractivity contribution in [2.24, 2.45) is 0 Å². The summed E-state index contributed by atoms with van der Waals surface area (Å²) in [4.78, 5) is 12.1. The maximum absolute atomic E-state index is 14.8. The van der Waals surface area contributed by atoms with Crippen molar-refractivity contribution in [3.8, 4) is 0 Å². The van der Waals surface area contributed by atoms with Crippen LogP contribution in [0.1, 0.15) is 29.3 Å². The standard InChI is InChI=1S/C25H29FN4/c1-18-7-8-23-21(15-18)24(29-13-11-28(2)12-14-29)16-25(27-23)30-10-9-22(26)20-6-4-3-5-19(20)17-30/h3-8,15-16,22H,9-14,17H2,1-2H3. The summed E-state index contributed by atoms with van der Waals surface area (Å²) in [6, 6.07) is 16.6. The van der Waals surface area contributed by atoms with Gasteiger partial charge < -0.3 is 14.7 Å². The van der Waals surface area contributed by atoms with E-state index in [4.69, 9.17) is 4.98 Å². The number of likely N-dealkylation sites (N-methyl/N-ethyl adjacent to an activating group) is 1. The molecule has 5 heteroatoms. The number of halogens is 1. The maximum atomic E-state index is 14.8. The van der Waals surface area contributed by atoms with E-state index in [1.807, 2.05) is 24.3 Å². The minimum absolute atomic E-state index is 0.495. The number of nitrogens with zero attached hydrogens (tertiary/aromatic N) is 4. The SMILES string of the molecule is Cc1ccc2nc(N3CCC(F)c4ccccc4C3)cc(N3CCN(C)CC3)c2c1. The lowest BCUT2D eigenvalue weighted by Gasteiger charge is -2.35. The fourth-order valence-electron chi connectivity index (χ4n) is 4.67. The summed E-state index contributed by atoms with van der Waals surface area (Å²) in [5, 5.41) is 1.21. The average molecular weight is 405 g/mol. The van der Waals surface area contributed by atoms with Crippen LogP contribution in [0.15, 0.2) is 48.5 Å². The van der Waals surface area contributed by atoms with Crippen LogP contribution >= 0.6 is 0 Å². The second kappa shape index (κ2) is 7.88. The molecule has 3 aromatic rings. The average Bonchev–Trinajstić information content (AvgIpc) is 2.93. The molecule has 4 nitrogen and oxygen atoms in total. The van der Waals surface area contributed by atoms with Crippen molar-refractivity contribution in [2.45, 2.75) is 26.1 Å². The highest BCUT2D eigenvalue weighted by molar-refractivity contribution is 5.94. The molecule has 156 valence electrons. The van der Waals surface area contributed by atoms with Gasteiger partial charge in [0, 0.05) is 62.8 Å². The summed E-state index contributed by atoms with van der Waals surface area (Å²) >= 11 is 0. The van der Waals surface area contributed by atoms with Crippen LogP contribution in [-0.2, 0) is 6.54 Å². The summed E-state index contributed by atoms with van der Waals surface area (Å²) in [7, 11) is 2.18. The van der Waals surface area contributed by atoms with Gasteiger partial charge in [-0.05, 0) is 37.2 Å². The molecule has 0 aliphatic carbocycles. The molecule has 5 rings (SSSR count). The minimum atomic E-state index is -0.911. The van der Waals surface area contributed by atoms with Gasteiger partial charge in [-0.15, -0.1) is 0 Å². The fourth-order valence-corrected chi connectivity index (χ4v) is 4.67. The number of benzene rings is 2. The molecule has 3 heterocycles. The Balaban J connectivity index is 1.57. The molecule has 2 aliphatic rings. The highest BCUT2D eigenvalue weighted by Gasteiger charge is 2.24. The van der Waals surface area contributed by atoms with E-state index in [9.17, 15) is 4.39 Å². The Morgan fingerprint density at radius 1 is 0.933 bits per heavy atom. The normalized spacial score (nSPS) is 20.3. The van der Waals surface area contributed by atoms with Crippen LogP contribution in [0.5, 0.6) is 0 Å². The molecule has 1 aromatic heterocycles. The highest BCUT2D eigenvalue weighted by atomic mass is 19.1. The van der Waals surface area contributed by atoms with E-state index >= 15 is 0 Å². The molecular formula is C25H29FN4. The molecule has 0 radical (unpaired) electrons. The van der Waals surface area contributed by atoms with Gasteiger partial charge in [0.2, 0.25) is 0 Å². The number of fused-ring (bicyclic) bond motifs is 2. The number of hydrogen-bond acceptors (Lipinski definition) is 4. The van der Waals surface area contributed by atoms with E-state index in [2.05, 4.69) is 52.9 Å². The Kier molecular flexibility index (Phi) is 5.07. The Bertz CT molecular complexity index is 1060. The highest BCUT2D eigenvalue weighted by Crippen LogP contribution is 2.35. The lowest BCUT2D eigenvalue weighted by molar-refractivity contribution is 0.313. The zero-order chi connectivity index (χ0) is 20.7. The van der Waals surface area contributed by atoms with Gasteiger partial charge in [0.15, 0.2) is 0 Å². The van der Waals surface area contributed by atoms with Gasteiger partial charge in [-0.2, -0.15) is 0 Å². The van der Waals surface area contributed by atoms with E-state index in [1.165, 1.54) is 16.6 Å².